The molecule has 0 saturated carbocycles. The number of amides is 2. The van der Waals surface area contributed by atoms with E-state index in [-0.39, 0.29) is 12.1 Å². The van der Waals surface area contributed by atoms with E-state index in [0.717, 1.165) is 6.42 Å². The Labute approximate surface area is 91.5 Å². The molecule has 0 aromatic rings. The number of rotatable bonds is 3. The lowest BCUT2D eigenvalue weighted by atomic mass is 9.88. The van der Waals surface area contributed by atoms with Crippen LogP contribution in [0.4, 0.5) is 4.79 Å². The summed E-state index contributed by atoms with van der Waals surface area (Å²) in [5.74, 6) is 0.936. The van der Waals surface area contributed by atoms with E-state index in [1.165, 1.54) is 0 Å². The lowest BCUT2D eigenvalue weighted by Gasteiger charge is -2.38. The van der Waals surface area contributed by atoms with Gasteiger partial charge in [-0.15, -0.1) is 0 Å². The summed E-state index contributed by atoms with van der Waals surface area (Å²) < 4.78 is 0. The number of carbonyl (C=O) groups excluding carboxylic acids is 1. The molecule has 1 atom stereocenters. The highest BCUT2D eigenvalue weighted by molar-refractivity contribution is 6.05. The van der Waals surface area contributed by atoms with Gasteiger partial charge in [-0.25, -0.2) is 4.79 Å². The van der Waals surface area contributed by atoms with Crippen molar-refractivity contribution in [2.75, 3.05) is 0 Å². The van der Waals surface area contributed by atoms with E-state index in [1.807, 2.05) is 20.8 Å². The molecule has 15 heavy (non-hydrogen) atoms. The van der Waals surface area contributed by atoms with E-state index in [1.54, 1.807) is 4.90 Å². The standard InChI is InChI=1S/C11H21N3O/c1-7(2)6-11(5)9(12)13-10(15)14(11)8(3)4/h7-8H,6H2,1-5H3,(H2,12,13,15). The summed E-state index contributed by atoms with van der Waals surface area (Å²) in [5, 5.41) is 0. The van der Waals surface area contributed by atoms with Crippen molar-refractivity contribution in [2.24, 2.45) is 16.6 Å². The van der Waals surface area contributed by atoms with Crippen molar-refractivity contribution >= 4 is 11.9 Å². The third-order valence-electron chi connectivity index (χ3n) is 2.83. The van der Waals surface area contributed by atoms with Gasteiger partial charge >= 0.3 is 6.03 Å². The Morgan fingerprint density at radius 1 is 1.40 bits per heavy atom. The Morgan fingerprint density at radius 2 is 1.93 bits per heavy atom. The summed E-state index contributed by atoms with van der Waals surface area (Å²) in [4.78, 5) is 17.3. The highest BCUT2D eigenvalue weighted by Gasteiger charge is 2.45. The fourth-order valence-corrected chi connectivity index (χ4v) is 2.40. The van der Waals surface area contributed by atoms with Crippen molar-refractivity contribution in [2.45, 2.75) is 52.6 Å². The summed E-state index contributed by atoms with van der Waals surface area (Å²) in [6.45, 7) is 10.2. The maximum Gasteiger partial charge on any atom is 0.346 e. The van der Waals surface area contributed by atoms with Gasteiger partial charge < -0.3 is 10.6 Å². The minimum atomic E-state index is -0.403. The second-order valence-electron chi connectivity index (χ2n) is 5.12. The van der Waals surface area contributed by atoms with E-state index in [0.29, 0.717) is 11.8 Å². The number of aliphatic imine (C=N–C) groups is 1. The molecule has 2 amide bonds. The second kappa shape index (κ2) is 3.83. The molecule has 0 spiro atoms. The number of amidine groups is 1. The van der Waals surface area contributed by atoms with Crippen LogP contribution in [0.3, 0.4) is 0 Å². The molecule has 4 nitrogen and oxygen atoms in total. The quantitative estimate of drug-likeness (QED) is 0.776. The zero-order valence-corrected chi connectivity index (χ0v) is 10.2. The first-order valence-corrected chi connectivity index (χ1v) is 5.47. The van der Waals surface area contributed by atoms with Crippen LogP contribution in [-0.2, 0) is 0 Å². The van der Waals surface area contributed by atoms with Gasteiger partial charge in [-0.3, -0.25) is 0 Å². The number of carbonyl (C=O) groups is 1. The van der Waals surface area contributed by atoms with E-state index in [2.05, 4.69) is 18.8 Å². The minimum absolute atomic E-state index is 0.131. The lowest BCUT2D eigenvalue weighted by molar-refractivity contribution is 0.142. The number of nitrogens with zero attached hydrogens (tertiary/aromatic N) is 2. The molecule has 0 saturated heterocycles. The molecule has 0 radical (unpaired) electrons. The molecule has 1 aliphatic heterocycles. The molecular weight excluding hydrogens is 190 g/mol. The van der Waals surface area contributed by atoms with Gasteiger partial charge in [-0.05, 0) is 33.1 Å². The third-order valence-corrected chi connectivity index (χ3v) is 2.83. The normalized spacial score (nSPS) is 26.7. The Hall–Kier alpha value is -1.06. The summed E-state index contributed by atoms with van der Waals surface area (Å²) in [7, 11) is 0. The zero-order chi connectivity index (χ0) is 11.8. The van der Waals surface area contributed by atoms with E-state index < -0.39 is 5.54 Å². The molecule has 0 aliphatic carbocycles. The van der Waals surface area contributed by atoms with Gasteiger partial charge in [-0.2, -0.15) is 4.99 Å². The van der Waals surface area contributed by atoms with Crippen molar-refractivity contribution < 1.29 is 4.79 Å². The Bertz CT molecular complexity index is 296. The largest absolute Gasteiger partial charge is 0.385 e. The van der Waals surface area contributed by atoms with E-state index in [4.69, 9.17) is 5.73 Å². The van der Waals surface area contributed by atoms with Crippen LogP contribution in [0.2, 0.25) is 0 Å². The fourth-order valence-electron chi connectivity index (χ4n) is 2.40. The molecule has 0 aromatic heterocycles. The molecule has 1 unspecified atom stereocenters. The average Bonchev–Trinajstić information content (AvgIpc) is 2.20. The molecule has 1 heterocycles. The lowest BCUT2D eigenvalue weighted by Crippen LogP contribution is -2.55. The molecule has 1 aliphatic rings. The summed E-state index contributed by atoms with van der Waals surface area (Å²) >= 11 is 0. The molecular formula is C11H21N3O. The van der Waals surface area contributed by atoms with Crippen LogP contribution in [0, 0.1) is 5.92 Å². The Balaban J connectivity index is 3.02. The maximum absolute atomic E-state index is 11.7. The van der Waals surface area contributed by atoms with Gasteiger partial charge in [-0.1, -0.05) is 13.8 Å². The van der Waals surface area contributed by atoms with Gasteiger partial charge in [0.05, 0.1) is 5.54 Å². The molecule has 1 rings (SSSR count). The Kier molecular flexibility index (Phi) is 3.07. The van der Waals surface area contributed by atoms with Crippen LogP contribution in [0.15, 0.2) is 4.99 Å². The van der Waals surface area contributed by atoms with E-state index >= 15 is 0 Å². The molecule has 86 valence electrons. The first-order chi connectivity index (χ1) is 6.79. The minimum Gasteiger partial charge on any atom is -0.385 e. The molecule has 0 bridgehead atoms. The van der Waals surface area contributed by atoms with Crippen LogP contribution in [-0.4, -0.2) is 28.3 Å². The van der Waals surface area contributed by atoms with Crippen LogP contribution in [0.5, 0.6) is 0 Å². The summed E-state index contributed by atoms with van der Waals surface area (Å²) in [6.07, 6.45) is 0.853. The van der Waals surface area contributed by atoms with Gasteiger partial charge in [0.2, 0.25) is 0 Å². The SMILES string of the molecule is CC(C)CC1(C)C(N)=NC(=O)N1C(C)C. The van der Waals surface area contributed by atoms with Crippen LogP contribution in [0.25, 0.3) is 0 Å². The maximum atomic E-state index is 11.7. The smallest absolute Gasteiger partial charge is 0.346 e. The monoisotopic (exact) mass is 211 g/mol. The van der Waals surface area contributed by atoms with Gasteiger partial charge in [0, 0.05) is 6.04 Å². The molecule has 4 heteroatoms. The van der Waals surface area contributed by atoms with E-state index in [9.17, 15) is 4.79 Å². The fraction of sp³-hybridized carbons (Fsp3) is 0.818. The van der Waals surface area contributed by atoms with Crippen molar-refractivity contribution in [1.29, 1.82) is 0 Å². The predicted octanol–water partition coefficient (Wildman–Crippen LogP) is 1.99. The van der Waals surface area contributed by atoms with Crippen molar-refractivity contribution in [3.63, 3.8) is 0 Å². The molecule has 0 fully saturated rings. The van der Waals surface area contributed by atoms with Crippen molar-refractivity contribution in [3.8, 4) is 0 Å². The topological polar surface area (TPSA) is 58.7 Å². The number of hydrogen-bond donors (Lipinski definition) is 1. The third kappa shape index (κ3) is 1.98. The highest BCUT2D eigenvalue weighted by atomic mass is 16.2. The van der Waals surface area contributed by atoms with Gasteiger partial charge in [0.15, 0.2) is 0 Å². The number of hydrogen-bond acceptors (Lipinski definition) is 2. The average molecular weight is 211 g/mol. The number of nitrogens with two attached hydrogens (primary N) is 1. The van der Waals surface area contributed by atoms with Crippen molar-refractivity contribution in [1.82, 2.24) is 4.90 Å². The number of urea groups is 1. The van der Waals surface area contributed by atoms with Crippen LogP contribution >= 0.6 is 0 Å². The highest BCUT2D eigenvalue weighted by Crippen LogP contribution is 2.31. The Morgan fingerprint density at radius 3 is 2.33 bits per heavy atom. The van der Waals surface area contributed by atoms with Crippen LogP contribution in [0.1, 0.15) is 41.0 Å². The van der Waals surface area contributed by atoms with Gasteiger partial charge in [0.1, 0.15) is 5.84 Å². The van der Waals surface area contributed by atoms with Crippen LogP contribution < -0.4 is 5.73 Å². The van der Waals surface area contributed by atoms with Gasteiger partial charge in [0.25, 0.3) is 0 Å². The molecule has 2 N–H and O–H groups in total. The van der Waals surface area contributed by atoms with Crippen molar-refractivity contribution in [3.05, 3.63) is 0 Å². The zero-order valence-electron chi connectivity index (χ0n) is 10.2. The molecule has 0 aromatic carbocycles. The first-order valence-electron chi connectivity index (χ1n) is 5.47. The summed E-state index contributed by atoms with van der Waals surface area (Å²) in [6, 6.07) is -0.0725. The predicted molar refractivity (Wildman–Crippen MR) is 61.9 cm³/mol. The second-order valence-corrected chi connectivity index (χ2v) is 5.12. The summed E-state index contributed by atoms with van der Waals surface area (Å²) in [5.41, 5.74) is 5.46. The first kappa shape index (κ1) is 12.0.